The van der Waals surface area contributed by atoms with Gasteiger partial charge in [-0.1, -0.05) is 24.2 Å². The van der Waals surface area contributed by atoms with Crippen LogP contribution < -0.4 is 5.73 Å². The van der Waals surface area contributed by atoms with Gasteiger partial charge in [-0.05, 0) is 17.7 Å². The summed E-state index contributed by atoms with van der Waals surface area (Å²) in [5.41, 5.74) is 5.49. The monoisotopic (exact) mass is 285 g/mol. The van der Waals surface area contributed by atoms with E-state index in [1.165, 1.54) is 12.1 Å². The zero-order chi connectivity index (χ0) is 14.8. The van der Waals surface area contributed by atoms with Crippen LogP contribution in [0, 0.1) is 0 Å². The van der Waals surface area contributed by atoms with Gasteiger partial charge in [0.1, 0.15) is 0 Å². The molecule has 0 bridgehead atoms. The summed E-state index contributed by atoms with van der Waals surface area (Å²) in [6, 6.07) is 4.88. The van der Waals surface area contributed by atoms with Crippen LogP contribution in [-0.2, 0) is 12.6 Å². The third kappa shape index (κ3) is 3.36. The Balaban J connectivity index is 2.08. The van der Waals surface area contributed by atoms with Crippen molar-refractivity contribution in [1.82, 2.24) is 10.1 Å². The fourth-order valence-electron chi connectivity index (χ4n) is 1.63. The molecule has 0 radical (unpaired) electrons. The topological polar surface area (TPSA) is 64.9 Å². The smallest absolute Gasteiger partial charge is 0.339 e. The summed E-state index contributed by atoms with van der Waals surface area (Å²) in [4.78, 5) is 4.17. The van der Waals surface area contributed by atoms with E-state index in [4.69, 9.17) is 10.3 Å². The highest BCUT2D eigenvalue weighted by molar-refractivity contribution is 5.26. The summed E-state index contributed by atoms with van der Waals surface area (Å²) in [5, 5.41) is 3.79. The normalized spacial score (nSPS) is 13.4. The molecule has 1 unspecified atom stereocenters. The Labute approximate surface area is 113 Å². The number of hydrogen-bond acceptors (Lipinski definition) is 4. The van der Waals surface area contributed by atoms with Crippen molar-refractivity contribution in [1.29, 1.82) is 0 Å². The van der Waals surface area contributed by atoms with E-state index in [0.717, 1.165) is 12.1 Å². The number of halogens is 3. The van der Waals surface area contributed by atoms with Crippen LogP contribution in [0.2, 0.25) is 0 Å². The molecule has 0 aliphatic rings. The molecule has 0 aliphatic carbocycles. The maximum Gasteiger partial charge on any atom is 0.416 e. The van der Waals surface area contributed by atoms with Crippen molar-refractivity contribution in [2.24, 2.45) is 5.73 Å². The Hall–Kier alpha value is -1.89. The average molecular weight is 285 g/mol. The molecule has 2 rings (SSSR count). The molecule has 20 heavy (non-hydrogen) atoms. The highest BCUT2D eigenvalue weighted by atomic mass is 19.4. The third-order valence-corrected chi connectivity index (χ3v) is 2.91. The molecule has 1 aromatic carbocycles. The van der Waals surface area contributed by atoms with Crippen LogP contribution in [0.15, 0.2) is 28.8 Å². The number of alkyl halides is 3. The van der Waals surface area contributed by atoms with Gasteiger partial charge in [0.25, 0.3) is 0 Å². The first kappa shape index (κ1) is 14.5. The van der Waals surface area contributed by atoms with Gasteiger partial charge in [0.2, 0.25) is 5.89 Å². The fourth-order valence-corrected chi connectivity index (χ4v) is 1.63. The molecule has 108 valence electrons. The van der Waals surface area contributed by atoms with E-state index >= 15 is 0 Å². The van der Waals surface area contributed by atoms with Crippen molar-refractivity contribution in [3.8, 4) is 0 Å². The van der Waals surface area contributed by atoms with Gasteiger partial charge >= 0.3 is 6.18 Å². The minimum absolute atomic E-state index is 0.0138. The molecular formula is C13H14F3N3O. The number of rotatable bonds is 4. The van der Waals surface area contributed by atoms with Crippen LogP contribution in [0.1, 0.15) is 35.7 Å². The highest BCUT2D eigenvalue weighted by Crippen LogP contribution is 2.29. The lowest BCUT2D eigenvalue weighted by atomic mass is 10.1. The molecule has 0 spiro atoms. The quantitative estimate of drug-likeness (QED) is 0.938. The average Bonchev–Trinajstić information content (AvgIpc) is 2.86. The van der Waals surface area contributed by atoms with Crippen LogP contribution in [0.3, 0.4) is 0 Å². The molecule has 1 heterocycles. The van der Waals surface area contributed by atoms with Crippen LogP contribution in [0.4, 0.5) is 13.2 Å². The van der Waals surface area contributed by atoms with Gasteiger partial charge < -0.3 is 10.3 Å². The Morgan fingerprint density at radius 2 is 1.90 bits per heavy atom. The summed E-state index contributed by atoms with van der Waals surface area (Å²) in [6.45, 7) is 2.27. The van der Waals surface area contributed by atoms with Crippen molar-refractivity contribution in [3.05, 3.63) is 47.1 Å². The number of hydrogen-bond donors (Lipinski definition) is 1. The van der Waals surface area contributed by atoms with Crippen molar-refractivity contribution in [2.45, 2.75) is 25.4 Å². The zero-order valence-electron chi connectivity index (χ0n) is 10.8. The Kier molecular flexibility index (Phi) is 4.08. The second-order valence-corrected chi connectivity index (χ2v) is 4.55. The van der Waals surface area contributed by atoms with E-state index in [-0.39, 0.29) is 5.92 Å². The fraction of sp³-hybridized carbons (Fsp3) is 0.385. The molecule has 0 aliphatic heterocycles. The Morgan fingerprint density at radius 1 is 1.25 bits per heavy atom. The Morgan fingerprint density at radius 3 is 2.45 bits per heavy atom. The van der Waals surface area contributed by atoms with E-state index < -0.39 is 11.7 Å². The number of aromatic nitrogens is 2. The first-order chi connectivity index (χ1) is 9.40. The maximum atomic E-state index is 12.4. The second kappa shape index (κ2) is 5.62. The third-order valence-electron chi connectivity index (χ3n) is 2.91. The molecule has 2 aromatic rings. The lowest BCUT2D eigenvalue weighted by Crippen LogP contribution is -2.10. The van der Waals surface area contributed by atoms with Crippen LogP contribution in [0.5, 0.6) is 0 Å². The summed E-state index contributed by atoms with van der Waals surface area (Å²) >= 11 is 0. The molecular weight excluding hydrogens is 271 g/mol. The number of nitrogens with zero attached hydrogens (tertiary/aromatic N) is 2. The van der Waals surface area contributed by atoms with E-state index in [1.54, 1.807) is 0 Å². The van der Waals surface area contributed by atoms with Gasteiger partial charge in [-0.15, -0.1) is 0 Å². The van der Waals surface area contributed by atoms with Crippen molar-refractivity contribution in [3.63, 3.8) is 0 Å². The minimum Gasteiger partial charge on any atom is -0.339 e. The first-order valence-electron chi connectivity index (χ1n) is 6.09. The van der Waals surface area contributed by atoms with Gasteiger partial charge in [-0.3, -0.25) is 0 Å². The van der Waals surface area contributed by atoms with Crippen LogP contribution in [-0.4, -0.2) is 16.7 Å². The van der Waals surface area contributed by atoms with Gasteiger partial charge in [0, 0.05) is 12.5 Å². The molecule has 0 fully saturated rings. The number of nitrogens with two attached hydrogens (primary N) is 1. The molecule has 4 nitrogen and oxygen atoms in total. The van der Waals surface area contributed by atoms with Gasteiger partial charge in [0.15, 0.2) is 5.82 Å². The lowest BCUT2D eigenvalue weighted by Gasteiger charge is -2.06. The Bertz CT molecular complexity index is 563. The van der Waals surface area contributed by atoms with E-state index in [1.807, 2.05) is 6.92 Å². The predicted molar refractivity (Wildman–Crippen MR) is 66.0 cm³/mol. The largest absolute Gasteiger partial charge is 0.416 e. The molecule has 0 amide bonds. The summed E-state index contributed by atoms with van der Waals surface area (Å²) in [7, 11) is 0. The van der Waals surface area contributed by atoms with Gasteiger partial charge in [-0.25, -0.2) is 0 Å². The SMILES string of the molecule is CC(CN)c1noc(Cc2ccc(C(F)(F)F)cc2)n1. The summed E-state index contributed by atoms with van der Waals surface area (Å²) in [6.07, 6.45) is -4.03. The van der Waals surface area contributed by atoms with Gasteiger partial charge in [0.05, 0.1) is 12.0 Å². The number of benzene rings is 1. The zero-order valence-corrected chi connectivity index (χ0v) is 10.8. The van der Waals surface area contributed by atoms with Crippen molar-refractivity contribution in [2.75, 3.05) is 6.54 Å². The molecule has 1 atom stereocenters. The summed E-state index contributed by atoms with van der Waals surface area (Å²) < 4.78 is 42.3. The molecule has 7 heteroatoms. The standard InChI is InChI=1S/C13H14F3N3O/c1-8(7-17)12-18-11(20-19-12)6-9-2-4-10(5-3-9)13(14,15)16/h2-5,8H,6-7,17H2,1H3. The molecule has 0 saturated heterocycles. The predicted octanol–water partition coefficient (Wildman–Crippen LogP) is 2.74. The maximum absolute atomic E-state index is 12.4. The van der Waals surface area contributed by atoms with Crippen LogP contribution in [0.25, 0.3) is 0 Å². The van der Waals surface area contributed by atoms with E-state index in [2.05, 4.69) is 10.1 Å². The van der Waals surface area contributed by atoms with Crippen molar-refractivity contribution < 1.29 is 17.7 Å². The lowest BCUT2D eigenvalue weighted by molar-refractivity contribution is -0.137. The minimum atomic E-state index is -4.33. The first-order valence-corrected chi connectivity index (χ1v) is 6.09. The van der Waals surface area contributed by atoms with Crippen molar-refractivity contribution >= 4 is 0 Å². The van der Waals surface area contributed by atoms with E-state index in [0.29, 0.717) is 30.2 Å². The van der Waals surface area contributed by atoms with Gasteiger partial charge in [-0.2, -0.15) is 18.2 Å². The molecule has 1 aromatic heterocycles. The second-order valence-electron chi connectivity index (χ2n) is 4.55. The summed E-state index contributed by atoms with van der Waals surface area (Å²) in [5.74, 6) is 0.856. The molecule has 0 saturated carbocycles. The van der Waals surface area contributed by atoms with Crippen LogP contribution >= 0.6 is 0 Å². The van der Waals surface area contributed by atoms with E-state index in [9.17, 15) is 13.2 Å². The highest BCUT2D eigenvalue weighted by Gasteiger charge is 2.29. The molecule has 2 N–H and O–H groups in total.